The maximum absolute atomic E-state index is 13.6. The van der Waals surface area contributed by atoms with Crippen LogP contribution in [0, 0.1) is 24.1 Å². The Morgan fingerprint density at radius 2 is 2.13 bits per heavy atom. The zero-order valence-electron chi connectivity index (χ0n) is 13.7. The summed E-state index contributed by atoms with van der Waals surface area (Å²) < 4.78 is 19.5. The van der Waals surface area contributed by atoms with Gasteiger partial charge < -0.3 is 15.8 Å². The van der Waals surface area contributed by atoms with Crippen molar-refractivity contribution in [3.8, 4) is 0 Å². The van der Waals surface area contributed by atoms with Gasteiger partial charge in [0.2, 0.25) is 5.91 Å². The van der Waals surface area contributed by atoms with Gasteiger partial charge in [-0.25, -0.2) is 4.39 Å². The number of anilines is 1. The predicted molar refractivity (Wildman–Crippen MR) is 90.2 cm³/mol. The van der Waals surface area contributed by atoms with Gasteiger partial charge in [-0.1, -0.05) is 19.9 Å². The SMILES string of the molecule is Cc1c(F)cccc1NC(=O)C1(N)C2CCCOC2C1(C)C.Cl. The molecule has 0 bridgehead atoms. The van der Waals surface area contributed by atoms with Crippen LogP contribution in [0.2, 0.25) is 0 Å². The molecule has 128 valence electrons. The zero-order chi connectivity index (χ0) is 16.1. The van der Waals surface area contributed by atoms with E-state index in [0.29, 0.717) is 11.3 Å². The minimum absolute atomic E-state index is 0. The van der Waals surface area contributed by atoms with E-state index in [1.165, 1.54) is 6.07 Å². The van der Waals surface area contributed by atoms with Gasteiger partial charge in [0, 0.05) is 29.2 Å². The summed E-state index contributed by atoms with van der Waals surface area (Å²) in [6.45, 7) is 6.31. The molecule has 4 nitrogen and oxygen atoms in total. The van der Waals surface area contributed by atoms with Crippen LogP contribution in [0.3, 0.4) is 0 Å². The number of nitrogens with two attached hydrogens (primary N) is 1. The summed E-state index contributed by atoms with van der Waals surface area (Å²) in [6.07, 6.45) is 1.83. The standard InChI is InChI=1S/C17H23FN2O2.ClH/c1-10-12(18)7-4-8-13(10)20-15(21)17(19)11-6-5-9-22-14(11)16(17,2)3;/h4,7-8,11,14H,5-6,9,19H2,1-3H3,(H,20,21);1H. The summed E-state index contributed by atoms with van der Waals surface area (Å²) >= 11 is 0. The van der Waals surface area contributed by atoms with E-state index >= 15 is 0 Å². The lowest BCUT2D eigenvalue weighted by Crippen LogP contribution is -2.81. The van der Waals surface area contributed by atoms with Gasteiger partial charge in [0.15, 0.2) is 0 Å². The smallest absolute Gasteiger partial charge is 0.245 e. The van der Waals surface area contributed by atoms with Crippen molar-refractivity contribution in [1.29, 1.82) is 0 Å². The summed E-state index contributed by atoms with van der Waals surface area (Å²) in [5, 5.41) is 2.82. The molecule has 1 aliphatic carbocycles. The van der Waals surface area contributed by atoms with Crippen molar-refractivity contribution in [2.45, 2.75) is 45.3 Å². The highest BCUT2D eigenvalue weighted by Crippen LogP contribution is 2.57. The third-order valence-corrected chi connectivity index (χ3v) is 5.58. The topological polar surface area (TPSA) is 64.4 Å². The van der Waals surface area contributed by atoms with E-state index in [9.17, 15) is 9.18 Å². The molecule has 1 saturated carbocycles. The van der Waals surface area contributed by atoms with Gasteiger partial charge in [-0.3, -0.25) is 4.79 Å². The predicted octanol–water partition coefficient (Wildman–Crippen LogP) is 3.03. The quantitative estimate of drug-likeness (QED) is 0.868. The van der Waals surface area contributed by atoms with Crippen molar-refractivity contribution < 1.29 is 13.9 Å². The number of benzene rings is 1. The molecule has 1 saturated heterocycles. The molecule has 2 fully saturated rings. The maximum atomic E-state index is 13.6. The summed E-state index contributed by atoms with van der Waals surface area (Å²) in [5.41, 5.74) is 6.00. The number of carbonyl (C=O) groups is 1. The zero-order valence-corrected chi connectivity index (χ0v) is 14.5. The van der Waals surface area contributed by atoms with Crippen LogP contribution in [-0.4, -0.2) is 24.2 Å². The van der Waals surface area contributed by atoms with Crippen molar-refractivity contribution in [2.75, 3.05) is 11.9 Å². The van der Waals surface area contributed by atoms with Crippen LogP contribution in [0.1, 0.15) is 32.3 Å². The number of rotatable bonds is 2. The molecule has 3 rings (SSSR count). The average molecular weight is 343 g/mol. The van der Waals surface area contributed by atoms with Gasteiger partial charge in [0.1, 0.15) is 11.4 Å². The molecule has 6 heteroatoms. The number of hydrogen-bond acceptors (Lipinski definition) is 3. The molecule has 0 aromatic heterocycles. The molecule has 1 amide bonds. The van der Waals surface area contributed by atoms with Crippen LogP contribution in [-0.2, 0) is 9.53 Å². The Balaban J connectivity index is 0.00000192. The highest BCUT2D eigenvalue weighted by molar-refractivity contribution is 6.00. The molecule has 1 aromatic carbocycles. The first-order chi connectivity index (χ1) is 10.3. The first kappa shape index (κ1) is 18.2. The monoisotopic (exact) mass is 342 g/mol. The normalized spacial score (nSPS) is 31.3. The fourth-order valence-corrected chi connectivity index (χ4v) is 4.01. The third-order valence-electron chi connectivity index (χ3n) is 5.58. The van der Waals surface area contributed by atoms with Crippen molar-refractivity contribution in [2.24, 2.45) is 17.1 Å². The molecule has 3 N–H and O–H groups in total. The number of halogens is 2. The van der Waals surface area contributed by atoms with Crippen LogP contribution in [0.15, 0.2) is 18.2 Å². The van der Waals surface area contributed by atoms with E-state index in [4.69, 9.17) is 10.5 Å². The second-order valence-corrected chi connectivity index (χ2v) is 7.00. The van der Waals surface area contributed by atoms with Gasteiger partial charge in [-0.2, -0.15) is 0 Å². The van der Waals surface area contributed by atoms with Crippen LogP contribution in [0.5, 0.6) is 0 Å². The molecule has 3 atom stereocenters. The van der Waals surface area contributed by atoms with E-state index in [2.05, 4.69) is 5.32 Å². The fraction of sp³-hybridized carbons (Fsp3) is 0.588. The van der Waals surface area contributed by atoms with Gasteiger partial charge in [-0.15, -0.1) is 12.4 Å². The number of fused-ring (bicyclic) bond motifs is 1. The summed E-state index contributed by atoms with van der Waals surface area (Å²) in [5.74, 6) is -0.571. The Kier molecular flexibility index (Phi) is 4.77. The van der Waals surface area contributed by atoms with E-state index < -0.39 is 11.0 Å². The van der Waals surface area contributed by atoms with Gasteiger partial charge in [0.05, 0.1) is 6.10 Å². The lowest BCUT2D eigenvalue weighted by atomic mass is 9.46. The Morgan fingerprint density at radius 3 is 2.83 bits per heavy atom. The number of amides is 1. The number of nitrogens with one attached hydrogen (secondary N) is 1. The summed E-state index contributed by atoms with van der Waals surface area (Å²) in [6, 6.07) is 4.65. The van der Waals surface area contributed by atoms with Crippen LogP contribution in [0.4, 0.5) is 10.1 Å². The molecule has 1 heterocycles. The number of carbonyl (C=O) groups excluding carboxylic acids is 1. The van der Waals surface area contributed by atoms with E-state index in [0.717, 1.165) is 19.4 Å². The van der Waals surface area contributed by atoms with Gasteiger partial charge >= 0.3 is 0 Å². The van der Waals surface area contributed by atoms with Crippen LogP contribution in [0.25, 0.3) is 0 Å². The highest BCUT2D eigenvalue weighted by Gasteiger charge is 2.70. The van der Waals surface area contributed by atoms with Crippen molar-refractivity contribution in [3.05, 3.63) is 29.6 Å². The molecule has 0 spiro atoms. The molecular weight excluding hydrogens is 319 g/mol. The molecule has 1 aromatic rings. The summed E-state index contributed by atoms with van der Waals surface area (Å²) in [7, 11) is 0. The number of hydrogen-bond donors (Lipinski definition) is 2. The molecule has 23 heavy (non-hydrogen) atoms. The summed E-state index contributed by atoms with van der Waals surface area (Å²) in [4.78, 5) is 12.8. The minimum Gasteiger partial charge on any atom is -0.377 e. The largest absolute Gasteiger partial charge is 0.377 e. The Hall–Kier alpha value is -1.17. The van der Waals surface area contributed by atoms with E-state index in [-0.39, 0.29) is 36.2 Å². The molecule has 3 unspecified atom stereocenters. The Bertz CT molecular complexity index is 623. The second-order valence-electron chi connectivity index (χ2n) is 7.00. The number of ether oxygens (including phenoxy) is 1. The highest BCUT2D eigenvalue weighted by atomic mass is 35.5. The lowest BCUT2D eigenvalue weighted by molar-refractivity contribution is -0.222. The first-order valence-corrected chi connectivity index (χ1v) is 7.77. The average Bonchev–Trinajstić information content (AvgIpc) is 2.50. The van der Waals surface area contributed by atoms with E-state index in [1.807, 2.05) is 13.8 Å². The molecule has 1 aliphatic heterocycles. The maximum Gasteiger partial charge on any atom is 0.245 e. The van der Waals surface area contributed by atoms with Gasteiger partial charge in [-0.05, 0) is 31.9 Å². The van der Waals surface area contributed by atoms with Crippen molar-refractivity contribution in [1.82, 2.24) is 0 Å². The molecular formula is C17H24ClFN2O2. The van der Waals surface area contributed by atoms with E-state index in [1.54, 1.807) is 19.1 Å². The lowest BCUT2D eigenvalue weighted by Gasteiger charge is -2.65. The van der Waals surface area contributed by atoms with Crippen LogP contribution >= 0.6 is 12.4 Å². The minimum atomic E-state index is -0.989. The van der Waals surface area contributed by atoms with Crippen molar-refractivity contribution >= 4 is 24.0 Å². The van der Waals surface area contributed by atoms with Crippen LogP contribution < -0.4 is 11.1 Å². The Morgan fingerprint density at radius 1 is 1.43 bits per heavy atom. The third kappa shape index (κ3) is 2.46. The van der Waals surface area contributed by atoms with Crippen molar-refractivity contribution in [3.63, 3.8) is 0 Å². The second kappa shape index (κ2) is 6.04. The molecule has 2 aliphatic rings. The molecule has 0 radical (unpaired) electrons. The first-order valence-electron chi connectivity index (χ1n) is 7.77. The fourth-order valence-electron chi connectivity index (χ4n) is 4.01. The van der Waals surface area contributed by atoms with Gasteiger partial charge in [0.25, 0.3) is 0 Å². The Labute approximate surface area is 142 Å².